The van der Waals surface area contributed by atoms with Crippen molar-refractivity contribution in [3.63, 3.8) is 0 Å². The van der Waals surface area contributed by atoms with Crippen LogP contribution in [0, 0.1) is 11.3 Å². The van der Waals surface area contributed by atoms with Gasteiger partial charge < -0.3 is 5.11 Å². The largest absolute Gasteiger partial charge is 0.481 e. The number of aliphatic carboxylic acids is 1. The third kappa shape index (κ3) is 2.11. The molecule has 2 heteroatoms. The highest BCUT2D eigenvalue weighted by molar-refractivity contribution is 5.75. The van der Waals surface area contributed by atoms with Crippen LogP contribution in [0.4, 0.5) is 0 Å². The molecular formula is C11H18O2. The minimum atomic E-state index is -0.639. The van der Waals surface area contributed by atoms with E-state index in [1.807, 2.05) is 0 Å². The van der Waals surface area contributed by atoms with Gasteiger partial charge in [0.25, 0.3) is 0 Å². The van der Waals surface area contributed by atoms with Crippen molar-refractivity contribution in [2.24, 2.45) is 11.3 Å². The maximum atomic E-state index is 11.2. The fourth-order valence-electron chi connectivity index (χ4n) is 2.30. The van der Waals surface area contributed by atoms with Crippen LogP contribution in [0.25, 0.3) is 0 Å². The Bertz CT molecular complexity index is 230. The Hall–Kier alpha value is -0.790. The van der Waals surface area contributed by atoms with E-state index < -0.39 is 11.4 Å². The lowest BCUT2D eigenvalue weighted by Crippen LogP contribution is -2.29. The van der Waals surface area contributed by atoms with Crippen LogP contribution in [0.3, 0.4) is 0 Å². The summed E-state index contributed by atoms with van der Waals surface area (Å²) in [4.78, 5) is 11.2. The lowest BCUT2D eigenvalue weighted by atomic mass is 9.78. The zero-order valence-electron chi connectivity index (χ0n) is 8.47. The first kappa shape index (κ1) is 10.3. The van der Waals surface area contributed by atoms with Gasteiger partial charge in [-0.15, -0.1) is 0 Å². The Labute approximate surface area is 79.6 Å². The topological polar surface area (TPSA) is 37.3 Å². The standard InChI is InChI=1S/C11H18O2/c1-8(2)6-11(10(12)13)5-4-9(3)7-11/h8H,3-7H2,1-2H3,(H,12,13)/t11-/m1/s1. The maximum absolute atomic E-state index is 11.2. The van der Waals surface area contributed by atoms with Gasteiger partial charge in [-0.2, -0.15) is 0 Å². The fourth-order valence-corrected chi connectivity index (χ4v) is 2.30. The van der Waals surface area contributed by atoms with Gasteiger partial charge in [-0.05, 0) is 31.6 Å². The Kier molecular flexibility index (Phi) is 2.79. The molecule has 0 aromatic carbocycles. The van der Waals surface area contributed by atoms with Crippen molar-refractivity contribution in [1.82, 2.24) is 0 Å². The molecule has 0 spiro atoms. The van der Waals surface area contributed by atoms with E-state index in [0.717, 1.165) is 24.8 Å². The lowest BCUT2D eigenvalue weighted by Gasteiger charge is -2.25. The highest BCUT2D eigenvalue weighted by Gasteiger charge is 2.42. The van der Waals surface area contributed by atoms with Gasteiger partial charge >= 0.3 is 5.97 Å². The summed E-state index contributed by atoms with van der Waals surface area (Å²) in [7, 11) is 0. The molecule has 0 radical (unpaired) electrons. The van der Waals surface area contributed by atoms with Crippen LogP contribution in [-0.2, 0) is 4.79 Å². The van der Waals surface area contributed by atoms with E-state index in [1.165, 1.54) is 0 Å². The number of rotatable bonds is 3. The molecule has 1 N–H and O–H groups in total. The molecule has 0 aromatic heterocycles. The normalized spacial score (nSPS) is 28.4. The number of hydrogen-bond donors (Lipinski definition) is 1. The predicted molar refractivity (Wildman–Crippen MR) is 52.5 cm³/mol. The van der Waals surface area contributed by atoms with Crippen LogP contribution < -0.4 is 0 Å². The van der Waals surface area contributed by atoms with Gasteiger partial charge in [0.05, 0.1) is 5.41 Å². The quantitative estimate of drug-likeness (QED) is 0.681. The summed E-state index contributed by atoms with van der Waals surface area (Å²) in [5.41, 5.74) is 0.605. The second kappa shape index (κ2) is 3.52. The highest BCUT2D eigenvalue weighted by Crippen LogP contribution is 2.45. The molecule has 1 saturated carbocycles. The zero-order valence-corrected chi connectivity index (χ0v) is 8.47. The molecule has 1 atom stereocenters. The second-order valence-electron chi connectivity index (χ2n) is 4.61. The molecule has 0 saturated heterocycles. The van der Waals surface area contributed by atoms with Crippen molar-refractivity contribution in [3.8, 4) is 0 Å². The van der Waals surface area contributed by atoms with E-state index in [-0.39, 0.29) is 0 Å². The van der Waals surface area contributed by atoms with E-state index in [1.54, 1.807) is 0 Å². The maximum Gasteiger partial charge on any atom is 0.309 e. The first-order valence-corrected chi connectivity index (χ1v) is 4.86. The molecule has 13 heavy (non-hydrogen) atoms. The Morgan fingerprint density at radius 1 is 1.69 bits per heavy atom. The average molecular weight is 182 g/mol. The number of carboxylic acid groups (broad SMARTS) is 1. The van der Waals surface area contributed by atoms with Crippen LogP contribution in [-0.4, -0.2) is 11.1 Å². The molecule has 0 amide bonds. The second-order valence-corrected chi connectivity index (χ2v) is 4.61. The molecule has 1 rings (SSSR count). The first-order chi connectivity index (χ1) is 5.96. The fraction of sp³-hybridized carbons (Fsp3) is 0.727. The van der Waals surface area contributed by atoms with Gasteiger partial charge in [-0.25, -0.2) is 0 Å². The lowest BCUT2D eigenvalue weighted by molar-refractivity contribution is -0.149. The summed E-state index contributed by atoms with van der Waals surface area (Å²) in [6.45, 7) is 8.03. The molecule has 1 aliphatic rings. The highest BCUT2D eigenvalue weighted by atomic mass is 16.4. The smallest absolute Gasteiger partial charge is 0.309 e. The average Bonchev–Trinajstić information content (AvgIpc) is 2.31. The minimum Gasteiger partial charge on any atom is -0.481 e. The van der Waals surface area contributed by atoms with Crippen molar-refractivity contribution < 1.29 is 9.90 Å². The summed E-state index contributed by atoms with van der Waals surface area (Å²) < 4.78 is 0. The molecule has 0 bridgehead atoms. The van der Waals surface area contributed by atoms with Crippen LogP contribution in [0.1, 0.15) is 39.5 Å². The summed E-state index contributed by atoms with van der Waals surface area (Å²) in [5, 5.41) is 9.19. The van der Waals surface area contributed by atoms with Gasteiger partial charge in [0.1, 0.15) is 0 Å². The molecule has 0 aromatic rings. The van der Waals surface area contributed by atoms with Crippen molar-refractivity contribution >= 4 is 5.97 Å². The molecule has 74 valence electrons. The molecule has 1 aliphatic carbocycles. The van der Waals surface area contributed by atoms with Crippen LogP contribution in [0.5, 0.6) is 0 Å². The summed E-state index contributed by atoms with van der Waals surface area (Å²) >= 11 is 0. The van der Waals surface area contributed by atoms with Crippen LogP contribution in [0.15, 0.2) is 12.2 Å². The summed E-state index contributed by atoms with van der Waals surface area (Å²) in [6, 6.07) is 0. The monoisotopic (exact) mass is 182 g/mol. The molecule has 0 heterocycles. The van der Waals surface area contributed by atoms with E-state index in [2.05, 4.69) is 20.4 Å². The van der Waals surface area contributed by atoms with E-state index in [0.29, 0.717) is 12.3 Å². The molecule has 2 nitrogen and oxygen atoms in total. The number of hydrogen-bond acceptors (Lipinski definition) is 1. The predicted octanol–water partition coefficient (Wildman–Crippen LogP) is 2.84. The van der Waals surface area contributed by atoms with Crippen molar-refractivity contribution in [3.05, 3.63) is 12.2 Å². The minimum absolute atomic E-state index is 0.446. The Morgan fingerprint density at radius 2 is 2.31 bits per heavy atom. The summed E-state index contributed by atoms with van der Waals surface area (Å²) in [6.07, 6.45) is 3.13. The number of carbonyl (C=O) groups is 1. The van der Waals surface area contributed by atoms with Crippen molar-refractivity contribution in [1.29, 1.82) is 0 Å². The Balaban J connectivity index is 2.77. The SMILES string of the molecule is C=C1CC[C@](CC(C)C)(C(=O)O)C1. The first-order valence-electron chi connectivity index (χ1n) is 4.86. The van der Waals surface area contributed by atoms with Gasteiger partial charge in [0.15, 0.2) is 0 Å². The molecule has 1 fully saturated rings. The van der Waals surface area contributed by atoms with Crippen LogP contribution in [0.2, 0.25) is 0 Å². The third-order valence-corrected chi connectivity index (χ3v) is 2.80. The van der Waals surface area contributed by atoms with Crippen molar-refractivity contribution in [2.45, 2.75) is 39.5 Å². The zero-order chi connectivity index (χ0) is 10.1. The van der Waals surface area contributed by atoms with Gasteiger partial charge in [-0.1, -0.05) is 26.0 Å². The van der Waals surface area contributed by atoms with E-state index >= 15 is 0 Å². The van der Waals surface area contributed by atoms with Gasteiger partial charge in [0, 0.05) is 0 Å². The molecule has 0 aliphatic heterocycles. The third-order valence-electron chi connectivity index (χ3n) is 2.80. The van der Waals surface area contributed by atoms with Gasteiger partial charge in [0.2, 0.25) is 0 Å². The van der Waals surface area contributed by atoms with E-state index in [4.69, 9.17) is 0 Å². The van der Waals surface area contributed by atoms with Gasteiger partial charge in [-0.3, -0.25) is 4.79 Å². The number of allylic oxidation sites excluding steroid dienone is 1. The van der Waals surface area contributed by atoms with Crippen molar-refractivity contribution in [2.75, 3.05) is 0 Å². The van der Waals surface area contributed by atoms with Crippen LogP contribution >= 0.6 is 0 Å². The Morgan fingerprint density at radius 3 is 2.62 bits per heavy atom. The molecule has 0 unspecified atom stereocenters. The number of carboxylic acids is 1. The summed E-state index contributed by atoms with van der Waals surface area (Å²) in [5.74, 6) is -0.193. The molecular weight excluding hydrogens is 164 g/mol. The van der Waals surface area contributed by atoms with E-state index in [9.17, 15) is 9.90 Å².